The van der Waals surface area contributed by atoms with Crippen molar-refractivity contribution in [3.8, 4) is 5.75 Å². The van der Waals surface area contributed by atoms with E-state index in [9.17, 15) is 0 Å². The van der Waals surface area contributed by atoms with Gasteiger partial charge in [-0.2, -0.15) is 0 Å². The Bertz CT molecular complexity index is 383. The van der Waals surface area contributed by atoms with E-state index in [1.165, 1.54) is 0 Å². The summed E-state index contributed by atoms with van der Waals surface area (Å²) in [7, 11) is 0. The summed E-state index contributed by atoms with van der Waals surface area (Å²) in [5, 5.41) is 4.02. The van der Waals surface area contributed by atoms with E-state index in [0.29, 0.717) is 24.3 Å². The molecule has 0 aliphatic rings. The third-order valence-corrected chi connectivity index (χ3v) is 3.13. The van der Waals surface area contributed by atoms with Crippen LogP contribution in [0.5, 0.6) is 5.75 Å². The average molecular weight is 300 g/mol. The molecule has 0 amide bonds. The monoisotopic (exact) mass is 299 g/mol. The summed E-state index contributed by atoms with van der Waals surface area (Å²) >= 11 is 6.21. The van der Waals surface area contributed by atoms with Crippen molar-refractivity contribution in [2.24, 2.45) is 0 Å². The zero-order valence-corrected chi connectivity index (χ0v) is 13.5. The summed E-state index contributed by atoms with van der Waals surface area (Å²) in [6, 6.07) is 6.37. The Balaban J connectivity index is 2.32. The predicted octanol–water partition coefficient (Wildman–Crippen LogP) is 4.03. The van der Waals surface area contributed by atoms with E-state index in [4.69, 9.17) is 21.1 Å². The number of hydrogen-bond acceptors (Lipinski definition) is 3. The Labute approximate surface area is 127 Å². The van der Waals surface area contributed by atoms with Crippen LogP contribution in [0.15, 0.2) is 18.2 Å². The lowest BCUT2D eigenvalue weighted by Crippen LogP contribution is -2.21. The van der Waals surface area contributed by atoms with E-state index in [2.05, 4.69) is 26.1 Å². The highest BCUT2D eigenvalue weighted by atomic mass is 35.5. The third kappa shape index (κ3) is 7.13. The van der Waals surface area contributed by atoms with E-state index >= 15 is 0 Å². The molecule has 114 valence electrons. The molecule has 20 heavy (non-hydrogen) atoms. The van der Waals surface area contributed by atoms with E-state index in [1.54, 1.807) is 0 Å². The summed E-state index contributed by atoms with van der Waals surface area (Å²) < 4.78 is 11.1. The molecule has 0 unspecified atom stereocenters. The van der Waals surface area contributed by atoms with E-state index in [1.807, 2.05) is 18.2 Å². The highest BCUT2D eigenvalue weighted by molar-refractivity contribution is 6.32. The molecule has 0 aromatic heterocycles. The molecule has 0 spiro atoms. The first-order chi connectivity index (χ1) is 9.63. The van der Waals surface area contributed by atoms with Crippen molar-refractivity contribution in [1.82, 2.24) is 5.32 Å². The van der Waals surface area contributed by atoms with Gasteiger partial charge in [0.15, 0.2) is 0 Å². The lowest BCUT2D eigenvalue weighted by Gasteiger charge is -2.11. The maximum atomic E-state index is 6.21. The maximum Gasteiger partial charge on any atom is 0.138 e. The van der Waals surface area contributed by atoms with Gasteiger partial charge in [0.2, 0.25) is 0 Å². The second-order valence-electron chi connectivity index (χ2n) is 5.11. The van der Waals surface area contributed by atoms with Crippen LogP contribution in [0.25, 0.3) is 0 Å². The molecule has 0 radical (unpaired) electrons. The lowest BCUT2D eigenvalue weighted by molar-refractivity contribution is 0.0981. The zero-order valence-electron chi connectivity index (χ0n) is 12.7. The van der Waals surface area contributed by atoms with E-state index in [-0.39, 0.29) is 0 Å². The molecule has 0 aliphatic carbocycles. The largest absolute Gasteiger partial charge is 0.490 e. The SMILES string of the molecule is CCCCOCCOc1ccc(CNC(C)C)cc1Cl. The molecule has 1 rings (SSSR count). The number of ether oxygens (including phenoxy) is 2. The Morgan fingerprint density at radius 2 is 2.00 bits per heavy atom. The van der Waals surface area contributed by atoms with Gasteiger partial charge in [0, 0.05) is 19.2 Å². The summed E-state index contributed by atoms with van der Waals surface area (Å²) in [6.07, 6.45) is 2.25. The fourth-order valence-electron chi connectivity index (χ4n) is 1.65. The van der Waals surface area contributed by atoms with Gasteiger partial charge in [0.25, 0.3) is 0 Å². The molecule has 0 saturated heterocycles. The first-order valence-corrected chi connectivity index (χ1v) is 7.73. The molecule has 0 fully saturated rings. The van der Waals surface area contributed by atoms with Crippen LogP contribution in [-0.2, 0) is 11.3 Å². The molecule has 0 heterocycles. The van der Waals surface area contributed by atoms with Gasteiger partial charge in [0.05, 0.1) is 11.6 Å². The van der Waals surface area contributed by atoms with Crippen LogP contribution in [-0.4, -0.2) is 25.9 Å². The van der Waals surface area contributed by atoms with Gasteiger partial charge < -0.3 is 14.8 Å². The molecule has 1 aromatic rings. The molecule has 0 atom stereocenters. The van der Waals surface area contributed by atoms with Crippen molar-refractivity contribution in [2.75, 3.05) is 19.8 Å². The smallest absolute Gasteiger partial charge is 0.138 e. The van der Waals surface area contributed by atoms with Gasteiger partial charge in [-0.1, -0.05) is 44.9 Å². The standard InChI is InChI=1S/C16H26ClNO2/c1-4-5-8-19-9-10-20-16-7-6-14(11-15(16)17)12-18-13(2)3/h6-7,11,13,18H,4-5,8-10,12H2,1-3H3. The maximum absolute atomic E-state index is 6.21. The summed E-state index contributed by atoms with van der Waals surface area (Å²) in [6.45, 7) is 9.15. The molecular weight excluding hydrogens is 274 g/mol. The molecule has 4 heteroatoms. The Kier molecular flexibility index (Phi) is 8.67. The van der Waals surface area contributed by atoms with Gasteiger partial charge in [-0.05, 0) is 24.1 Å². The van der Waals surface area contributed by atoms with Crippen molar-refractivity contribution in [1.29, 1.82) is 0 Å². The fraction of sp³-hybridized carbons (Fsp3) is 0.625. The second kappa shape index (κ2) is 10.0. The Hall–Kier alpha value is -0.770. The van der Waals surface area contributed by atoms with E-state index < -0.39 is 0 Å². The average Bonchev–Trinajstić information content (AvgIpc) is 2.42. The van der Waals surface area contributed by atoms with Crippen molar-refractivity contribution in [3.05, 3.63) is 28.8 Å². The van der Waals surface area contributed by atoms with Crippen LogP contribution in [0, 0.1) is 0 Å². The van der Waals surface area contributed by atoms with Crippen LogP contribution in [0.1, 0.15) is 39.2 Å². The van der Waals surface area contributed by atoms with Crippen molar-refractivity contribution in [3.63, 3.8) is 0 Å². The number of unbranched alkanes of at least 4 members (excludes halogenated alkanes) is 1. The molecule has 0 saturated carbocycles. The van der Waals surface area contributed by atoms with Gasteiger partial charge in [-0.25, -0.2) is 0 Å². The minimum Gasteiger partial charge on any atom is -0.490 e. The first kappa shape index (κ1) is 17.3. The normalized spacial score (nSPS) is 11.1. The number of hydrogen-bond donors (Lipinski definition) is 1. The second-order valence-corrected chi connectivity index (χ2v) is 5.52. The van der Waals surface area contributed by atoms with E-state index in [0.717, 1.165) is 37.3 Å². The van der Waals surface area contributed by atoms with Crippen molar-refractivity contribution < 1.29 is 9.47 Å². The summed E-state index contributed by atoms with van der Waals surface area (Å²) in [5.41, 5.74) is 1.16. The third-order valence-electron chi connectivity index (χ3n) is 2.84. The summed E-state index contributed by atoms with van der Waals surface area (Å²) in [4.78, 5) is 0. The topological polar surface area (TPSA) is 30.5 Å². The van der Waals surface area contributed by atoms with Crippen LogP contribution < -0.4 is 10.1 Å². The van der Waals surface area contributed by atoms with Gasteiger partial charge >= 0.3 is 0 Å². The highest BCUT2D eigenvalue weighted by Gasteiger charge is 2.04. The van der Waals surface area contributed by atoms with Crippen LogP contribution in [0.3, 0.4) is 0 Å². The van der Waals surface area contributed by atoms with Gasteiger partial charge in [0.1, 0.15) is 12.4 Å². The fourth-order valence-corrected chi connectivity index (χ4v) is 1.91. The lowest BCUT2D eigenvalue weighted by atomic mass is 10.2. The minimum absolute atomic E-state index is 0.463. The molecule has 0 aliphatic heterocycles. The van der Waals surface area contributed by atoms with Crippen LogP contribution >= 0.6 is 11.6 Å². The van der Waals surface area contributed by atoms with Gasteiger partial charge in [-0.15, -0.1) is 0 Å². The zero-order chi connectivity index (χ0) is 14.8. The predicted molar refractivity (Wildman–Crippen MR) is 84.6 cm³/mol. The number of halogens is 1. The Morgan fingerprint density at radius 3 is 2.65 bits per heavy atom. The van der Waals surface area contributed by atoms with Crippen LogP contribution in [0.4, 0.5) is 0 Å². The molecular formula is C16H26ClNO2. The molecule has 3 nitrogen and oxygen atoms in total. The molecule has 1 N–H and O–H groups in total. The number of benzene rings is 1. The molecule has 1 aromatic carbocycles. The quantitative estimate of drug-likeness (QED) is 0.662. The number of nitrogens with one attached hydrogen (secondary N) is 1. The Morgan fingerprint density at radius 1 is 1.20 bits per heavy atom. The van der Waals surface area contributed by atoms with Crippen molar-refractivity contribution in [2.45, 2.75) is 46.2 Å². The highest BCUT2D eigenvalue weighted by Crippen LogP contribution is 2.25. The molecule has 0 bridgehead atoms. The first-order valence-electron chi connectivity index (χ1n) is 7.35. The summed E-state index contributed by atoms with van der Waals surface area (Å²) in [5.74, 6) is 0.721. The van der Waals surface area contributed by atoms with Crippen molar-refractivity contribution >= 4 is 11.6 Å². The van der Waals surface area contributed by atoms with Gasteiger partial charge in [-0.3, -0.25) is 0 Å². The number of rotatable bonds is 10. The van der Waals surface area contributed by atoms with Crippen LogP contribution in [0.2, 0.25) is 5.02 Å². The minimum atomic E-state index is 0.463.